The van der Waals surface area contributed by atoms with Gasteiger partial charge in [-0.1, -0.05) is 55.9 Å². The van der Waals surface area contributed by atoms with Gasteiger partial charge in [0.1, 0.15) is 5.76 Å². The predicted octanol–water partition coefficient (Wildman–Crippen LogP) is 7.36. The Kier molecular flexibility index (Phi) is 5.77. The second-order valence-corrected chi connectivity index (χ2v) is 10.3. The van der Waals surface area contributed by atoms with Crippen molar-refractivity contribution < 1.29 is 5.11 Å². The molecular formula is C26H32N2OS. The van der Waals surface area contributed by atoms with Crippen LogP contribution in [0.3, 0.4) is 0 Å². The van der Waals surface area contributed by atoms with Gasteiger partial charge in [-0.05, 0) is 55.2 Å². The van der Waals surface area contributed by atoms with E-state index >= 15 is 0 Å². The van der Waals surface area contributed by atoms with E-state index in [1.807, 2.05) is 18.4 Å². The number of nitrogens with zero attached hydrogens (tertiary/aromatic N) is 2. The van der Waals surface area contributed by atoms with Crippen LogP contribution in [-0.4, -0.2) is 22.8 Å². The van der Waals surface area contributed by atoms with Gasteiger partial charge in [-0.25, -0.2) is 4.98 Å². The summed E-state index contributed by atoms with van der Waals surface area (Å²) < 4.78 is 1.27. The van der Waals surface area contributed by atoms with Gasteiger partial charge in [0.05, 0.1) is 20.9 Å². The molecule has 2 unspecified atom stereocenters. The van der Waals surface area contributed by atoms with Crippen LogP contribution in [-0.2, 0) is 0 Å². The highest BCUT2D eigenvalue weighted by Gasteiger charge is 2.35. The molecule has 0 spiro atoms. The summed E-state index contributed by atoms with van der Waals surface area (Å²) in [4.78, 5) is 9.52. The summed E-state index contributed by atoms with van der Waals surface area (Å²) in [6, 6.07) is 8.46. The lowest BCUT2D eigenvalue weighted by atomic mass is 9.71. The number of aliphatic hydroxyl groups is 1. The third kappa shape index (κ3) is 3.75. The highest BCUT2D eigenvalue weighted by molar-refractivity contribution is 7.18. The van der Waals surface area contributed by atoms with Gasteiger partial charge in [0.2, 0.25) is 0 Å². The Morgan fingerprint density at radius 2 is 1.70 bits per heavy atom. The van der Waals surface area contributed by atoms with Gasteiger partial charge >= 0.3 is 0 Å². The van der Waals surface area contributed by atoms with Crippen LogP contribution in [0.4, 0.5) is 0 Å². The van der Waals surface area contributed by atoms with Gasteiger partial charge in [0.15, 0.2) is 0 Å². The molecular weight excluding hydrogens is 388 g/mol. The van der Waals surface area contributed by atoms with Crippen molar-refractivity contribution in [2.45, 2.75) is 70.1 Å². The van der Waals surface area contributed by atoms with Crippen LogP contribution in [0.5, 0.6) is 0 Å². The van der Waals surface area contributed by atoms with Crippen LogP contribution >= 0.6 is 11.3 Å². The SMILES string of the molecule is CN=C1CC(C2CCCCC2)=CC(C2CCCCC2c2nc3ccccc3s2)=C1O. The molecule has 5 rings (SSSR count). The average molecular weight is 421 g/mol. The third-order valence-corrected chi connectivity index (χ3v) is 8.62. The zero-order valence-corrected chi connectivity index (χ0v) is 18.8. The summed E-state index contributed by atoms with van der Waals surface area (Å²) in [5, 5.41) is 12.4. The van der Waals surface area contributed by atoms with E-state index in [9.17, 15) is 5.11 Å². The van der Waals surface area contributed by atoms with E-state index in [0.29, 0.717) is 23.5 Å². The molecule has 3 nitrogen and oxygen atoms in total. The van der Waals surface area contributed by atoms with Crippen LogP contribution in [0.2, 0.25) is 0 Å². The fourth-order valence-corrected chi connectivity index (χ4v) is 6.98. The molecule has 0 bridgehead atoms. The maximum atomic E-state index is 11.2. The summed E-state index contributed by atoms with van der Waals surface area (Å²) in [5.74, 6) is 1.86. The van der Waals surface area contributed by atoms with Crippen molar-refractivity contribution in [2.24, 2.45) is 16.8 Å². The van der Waals surface area contributed by atoms with Crippen LogP contribution in [0.1, 0.15) is 75.1 Å². The molecule has 30 heavy (non-hydrogen) atoms. The van der Waals surface area contributed by atoms with Crippen molar-refractivity contribution in [3.05, 3.63) is 52.3 Å². The number of rotatable bonds is 3. The maximum Gasteiger partial charge on any atom is 0.140 e. The summed E-state index contributed by atoms with van der Waals surface area (Å²) >= 11 is 1.84. The first-order valence-electron chi connectivity index (χ1n) is 11.7. The topological polar surface area (TPSA) is 45.5 Å². The second kappa shape index (κ2) is 8.66. The van der Waals surface area contributed by atoms with Gasteiger partial charge in [-0.15, -0.1) is 11.3 Å². The molecule has 2 saturated carbocycles. The van der Waals surface area contributed by atoms with Gasteiger partial charge in [0.25, 0.3) is 0 Å². The summed E-state index contributed by atoms with van der Waals surface area (Å²) in [6.07, 6.45) is 14.6. The fraction of sp³-hybridized carbons (Fsp3) is 0.538. The normalized spacial score (nSPS) is 27.6. The molecule has 2 atom stereocenters. The first-order valence-corrected chi connectivity index (χ1v) is 12.5. The van der Waals surface area contributed by atoms with Crippen molar-refractivity contribution in [2.75, 3.05) is 7.05 Å². The molecule has 0 aliphatic heterocycles. The molecule has 4 heteroatoms. The molecule has 0 radical (unpaired) electrons. The number of hydrogen-bond donors (Lipinski definition) is 1. The van der Waals surface area contributed by atoms with Crippen LogP contribution < -0.4 is 0 Å². The molecule has 1 heterocycles. The van der Waals surface area contributed by atoms with Gasteiger partial charge in [-0.2, -0.15) is 0 Å². The Bertz CT molecular complexity index is 976. The summed E-state index contributed by atoms with van der Waals surface area (Å²) in [5.41, 5.74) is 4.66. The first kappa shape index (κ1) is 20.0. The van der Waals surface area contributed by atoms with Gasteiger partial charge < -0.3 is 5.11 Å². The van der Waals surface area contributed by atoms with Crippen LogP contribution in [0, 0.1) is 11.8 Å². The van der Waals surface area contributed by atoms with Gasteiger partial charge in [-0.3, -0.25) is 4.99 Å². The fourth-order valence-electron chi connectivity index (χ4n) is 5.81. The lowest BCUT2D eigenvalue weighted by Gasteiger charge is -2.35. The molecule has 0 amide bonds. The largest absolute Gasteiger partial charge is 0.506 e. The zero-order valence-electron chi connectivity index (χ0n) is 17.9. The van der Waals surface area contributed by atoms with E-state index < -0.39 is 0 Å². The van der Waals surface area contributed by atoms with E-state index in [1.54, 1.807) is 0 Å². The lowest BCUT2D eigenvalue weighted by molar-refractivity contribution is 0.332. The zero-order chi connectivity index (χ0) is 20.5. The predicted molar refractivity (Wildman–Crippen MR) is 127 cm³/mol. The second-order valence-electron chi connectivity index (χ2n) is 9.22. The van der Waals surface area contributed by atoms with Crippen LogP contribution in [0.15, 0.2) is 52.2 Å². The third-order valence-electron chi connectivity index (χ3n) is 7.45. The number of para-hydroxylation sites is 1. The molecule has 1 aromatic carbocycles. The Morgan fingerprint density at radius 1 is 0.967 bits per heavy atom. The number of aliphatic imine (C=N–C) groups is 1. The van der Waals surface area contributed by atoms with E-state index in [-0.39, 0.29) is 0 Å². The quantitative estimate of drug-likeness (QED) is 0.563. The monoisotopic (exact) mass is 420 g/mol. The Morgan fingerprint density at radius 3 is 2.47 bits per heavy atom. The summed E-state index contributed by atoms with van der Waals surface area (Å²) in [6.45, 7) is 0. The van der Waals surface area contributed by atoms with Crippen molar-refractivity contribution >= 4 is 27.3 Å². The first-order chi connectivity index (χ1) is 14.7. The smallest absolute Gasteiger partial charge is 0.140 e. The number of allylic oxidation sites excluding steroid dienone is 4. The molecule has 1 aromatic heterocycles. The minimum atomic E-state index is 0.343. The Balaban J connectivity index is 1.53. The standard InChI is InChI=1S/C26H32N2OS/c1-27-23-16-18(17-9-3-2-4-10-17)15-21(25(23)29)19-11-5-6-12-20(19)26-28-22-13-7-8-14-24(22)30-26/h7-8,13-15,17,19-20,29H,2-6,9-12,16H2,1H3. The molecule has 0 saturated heterocycles. The van der Waals surface area contributed by atoms with E-state index in [0.717, 1.165) is 36.1 Å². The number of thiazole rings is 1. The van der Waals surface area contributed by atoms with Crippen molar-refractivity contribution in [3.63, 3.8) is 0 Å². The molecule has 1 N–H and O–H groups in total. The Hall–Kier alpha value is -1.94. The van der Waals surface area contributed by atoms with Gasteiger partial charge in [0, 0.05) is 19.4 Å². The molecule has 2 aromatic rings. The van der Waals surface area contributed by atoms with E-state index in [4.69, 9.17) is 4.98 Å². The highest BCUT2D eigenvalue weighted by atomic mass is 32.1. The van der Waals surface area contributed by atoms with Crippen molar-refractivity contribution in [1.82, 2.24) is 4.98 Å². The Labute approximate surface area is 183 Å². The van der Waals surface area contributed by atoms with Crippen LogP contribution in [0.25, 0.3) is 10.2 Å². The number of benzene rings is 1. The molecule has 2 fully saturated rings. The van der Waals surface area contributed by atoms with Crippen molar-refractivity contribution in [1.29, 1.82) is 0 Å². The number of fused-ring (bicyclic) bond motifs is 1. The maximum absolute atomic E-state index is 11.2. The average Bonchev–Trinajstić information content (AvgIpc) is 3.24. The number of aliphatic hydroxyl groups excluding tert-OH is 1. The minimum Gasteiger partial charge on any atom is -0.506 e. The van der Waals surface area contributed by atoms with Crippen molar-refractivity contribution in [3.8, 4) is 0 Å². The van der Waals surface area contributed by atoms with E-state index in [2.05, 4.69) is 35.3 Å². The minimum absolute atomic E-state index is 0.343. The number of hydrogen-bond acceptors (Lipinski definition) is 4. The molecule has 3 aliphatic carbocycles. The number of aromatic nitrogens is 1. The molecule has 3 aliphatic rings. The van der Waals surface area contributed by atoms with E-state index in [1.165, 1.54) is 60.2 Å². The highest BCUT2D eigenvalue weighted by Crippen LogP contribution is 2.47. The molecule has 158 valence electrons. The summed E-state index contributed by atoms with van der Waals surface area (Å²) in [7, 11) is 1.83. The lowest BCUT2D eigenvalue weighted by Crippen LogP contribution is -2.25.